The Labute approximate surface area is 91.5 Å². The van der Waals surface area contributed by atoms with Crippen LogP contribution in [0.15, 0.2) is 36.4 Å². The molecule has 2 nitrogen and oxygen atoms in total. The maximum atomic E-state index is 5.10. The van der Waals surface area contributed by atoms with Crippen LogP contribution in [0.25, 0.3) is 6.08 Å². The van der Waals surface area contributed by atoms with Gasteiger partial charge < -0.3 is 9.47 Å². The Morgan fingerprint density at radius 1 is 1.13 bits per heavy atom. The fourth-order valence-corrected chi connectivity index (χ4v) is 1.35. The van der Waals surface area contributed by atoms with Crippen LogP contribution in [0.2, 0.25) is 0 Å². The molecule has 15 heavy (non-hydrogen) atoms. The highest BCUT2D eigenvalue weighted by atomic mass is 16.7. The van der Waals surface area contributed by atoms with Crippen LogP contribution < -0.4 is 0 Å². The van der Waals surface area contributed by atoms with E-state index in [1.54, 1.807) is 14.2 Å². The molecule has 0 N–H and O–H groups in total. The molecule has 0 aliphatic heterocycles. The van der Waals surface area contributed by atoms with E-state index in [4.69, 9.17) is 9.47 Å². The lowest BCUT2D eigenvalue weighted by atomic mass is 10.2. The minimum Gasteiger partial charge on any atom is -0.356 e. The number of rotatable bonds is 6. The van der Waals surface area contributed by atoms with Crippen LogP contribution in [0.4, 0.5) is 0 Å². The van der Waals surface area contributed by atoms with Crippen molar-refractivity contribution < 1.29 is 9.47 Å². The van der Waals surface area contributed by atoms with Crippen molar-refractivity contribution in [2.24, 2.45) is 0 Å². The minimum atomic E-state index is -0.0922. The standard InChI is InChI=1S/C13H18O2/c1-14-13(15-2)11-7-6-10-12-8-4-3-5-9-12/h3-6,8-10,13H,7,11H2,1-2H3. The minimum absolute atomic E-state index is 0.0922. The smallest absolute Gasteiger partial charge is 0.157 e. The predicted octanol–water partition coefficient (Wildman–Crippen LogP) is 3.10. The molecule has 0 atom stereocenters. The monoisotopic (exact) mass is 206 g/mol. The highest BCUT2D eigenvalue weighted by Gasteiger charge is 2.01. The van der Waals surface area contributed by atoms with Crippen molar-refractivity contribution in [1.82, 2.24) is 0 Å². The first-order valence-corrected chi connectivity index (χ1v) is 5.14. The maximum Gasteiger partial charge on any atom is 0.157 e. The highest BCUT2D eigenvalue weighted by Crippen LogP contribution is 2.06. The lowest BCUT2D eigenvalue weighted by molar-refractivity contribution is -0.105. The van der Waals surface area contributed by atoms with E-state index in [9.17, 15) is 0 Å². The van der Waals surface area contributed by atoms with Crippen molar-refractivity contribution in [3.63, 3.8) is 0 Å². The molecule has 1 aromatic carbocycles. The van der Waals surface area contributed by atoms with Gasteiger partial charge >= 0.3 is 0 Å². The summed E-state index contributed by atoms with van der Waals surface area (Å²) in [6, 6.07) is 10.3. The molecular formula is C13H18O2. The van der Waals surface area contributed by atoms with E-state index in [0.29, 0.717) is 0 Å². The Kier molecular flexibility index (Phi) is 5.74. The van der Waals surface area contributed by atoms with Gasteiger partial charge in [0.2, 0.25) is 0 Å². The van der Waals surface area contributed by atoms with Crippen LogP contribution in [0.5, 0.6) is 0 Å². The Bertz CT molecular complexity index is 276. The molecule has 2 heteroatoms. The third-order valence-electron chi connectivity index (χ3n) is 2.20. The average molecular weight is 206 g/mol. The van der Waals surface area contributed by atoms with Gasteiger partial charge in [-0.3, -0.25) is 0 Å². The van der Waals surface area contributed by atoms with Crippen molar-refractivity contribution >= 4 is 6.08 Å². The molecule has 0 aliphatic rings. The Morgan fingerprint density at radius 3 is 2.40 bits per heavy atom. The SMILES string of the molecule is COC(CCC=Cc1ccccc1)OC. The van der Waals surface area contributed by atoms with Crippen molar-refractivity contribution in [3.05, 3.63) is 42.0 Å². The van der Waals surface area contributed by atoms with Crippen LogP contribution in [0.3, 0.4) is 0 Å². The molecule has 0 bridgehead atoms. The molecular weight excluding hydrogens is 188 g/mol. The van der Waals surface area contributed by atoms with Crippen LogP contribution in [-0.2, 0) is 9.47 Å². The van der Waals surface area contributed by atoms with Gasteiger partial charge in [0, 0.05) is 20.6 Å². The van der Waals surface area contributed by atoms with Gasteiger partial charge in [0.1, 0.15) is 0 Å². The number of methoxy groups -OCH3 is 2. The zero-order valence-corrected chi connectivity index (χ0v) is 9.35. The van der Waals surface area contributed by atoms with Crippen LogP contribution in [0.1, 0.15) is 18.4 Å². The van der Waals surface area contributed by atoms with Gasteiger partial charge in [0.25, 0.3) is 0 Å². The molecule has 0 unspecified atom stereocenters. The van der Waals surface area contributed by atoms with Gasteiger partial charge in [-0.1, -0.05) is 42.5 Å². The lowest BCUT2D eigenvalue weighted by Gasteiger charge is -2.10. The summed E-state index contributed by atoms with van der Waals surface area (Å²) in [4.78, 5) is 0. The topological polar surface area (TPSA) is 18.5 Å². The normalized spacial score (nSPS) is 11.4. The second kappa shape index (κ2) is 7.21. The molecule has 1 aromatic rings. The average Bonchev–Trinajstić information content (AvgIpc) is 2.31. The third kappa shape index (κ3) is 4.77. The summed E-state index contributed by atoms with van der Waals surface area (Å²) in [7, 11) is 3.32. The first-order chi connectivity index (χ1) is 7.36. The first-order valence-electron chi connectivity index (χ1n) is 5.14. The number of benzene rings is 1. The molecule has 82 valence electrons. The fourth-order valence-electron chi connectivity index (χ4n) is 1.35. The van der Waals surface area contributed by atoms with Crippen LogP contribution in [0, 0.1) is 0 Å². The van der Waals surface area contributed by atoms with E-state index in [2.05, 4.69) is 24.3 Å². The van der Waals surface area contributed by atoms with Crippen molar-refractivity contribution in [2.45, 2.75) is 19.1 Å². The summed E-state index contributed by atoms with van der Waals surface area (Å²) in [5, 5.41) is 0. The zero-order valence-electron chi connectivity index (χ0n) is 9.35. The molecule has 0 saturated carbocycles. The van der Waals surface area contributed by atoms with Crippen molar-refractivity contribution in [3.8, 4) is 0 Å². The molecule has 0 saturated heterocycles. The summed E-state index contributed by atoms with van der Waals surface area (Å²) in [5.74, 6) is 0. The number of hydrogen-bond acceptors (Lipinski definition) is 2. The van der Waals surface area contributed by atoms with Crippen LogP contribution >= 0.6 is 0 Å². The van der Waals surface area contributed by atoms with E-state index in [0.717, 1.165) is 12.8 Å². The highest BCUT2D eigenvalue weighted by molar-refractivity contribution is 5.48. The van der Waals surface area contributed by atoms with Gasteiger partial charge in [-0.05, 0) is 12.0 Å². The predicted molar refractivity (Wildman–Crippen MR) is 62.5 cm³/mol. The molecule has 0 aromatic heterocycles. The van der Waals surface area contributed by atoms with Gasteiger partial charge in [-0.2, -0.15) is 0 Å². The second-order valence-electron chi connectivity index (χ2n) is 3.29. The van der Waals surface area contributed by atoms with Gasteiger partial charge in [0.15, 0.2) is 6.29 Å². The molecule has 0 aliphatic carbocycles. The van der Waals surface area contributed by atoms with E-state index < -0.39 is 0 Å². The Balaban J connectivity index is 2.28. The van der Waals surface area contributed by atoms with Gasteiger partial charge in [0.05, 0.1) is 0 Å². The Hall–Kier alpha value is -1.12. The molecule has 0 fully saturated rings. The summed E-state index contributed by atoms with van der Waals surface area (Å²) in [5.41, 5.74) is 1.23. The van der Waals surface area contributed by atoms with Crippen molar-refractivity contribution in [2.75, 3.05) is 14.2 Å². The Morgan fingerprint density at radius 2 is 1.80 bits per heavy atom. The van der Waals surface area contributed by atoms with Gasteiger partial charge in [-0.15, -0.1) is 0 Å². The largest absolute Gasteiger partial charge is 0.356 e. The summed E-state index contributed by atoms with van der Waals surface area (Å²) in [6.45, 7) is 0. The second-order valence-corrected chi connectivity index (χ2v) is 3.29. The molecule has 1 rings (SSSR count). The summed E-state index contributed by atoms with van der Waals surface area (Å²) >= 11 is 0. The lowest BCUT2D eigenvalue weighted by Crippen LogP contribution is -2.11. The third-order valence-corrected chi connectivity index (χ3v) is 2.20. The fraction of sp³-hybridized carbons (Fsp3) is 0.385. The number of hydrogen-bond donors (Lipinski definition) is 0. The van der Waals surface area contributed by atoms with Crippen LogP contribution in [-0.4, -0.2) is 20.5 Å². The maximum absolute atomic E-state index is 5.10. The number of ether oxygens (including phenoxy) is 2. The summed E-state index contributed by atoms with van der Waals surface area (Å²) < 4.78 is 10.2. The van der Waals surface area contributed by atoms with Crippen molar-refractivity contribution in [1.29, 1.82) is 0 Å². The van der Waals surface area contributed by atoms with E-state index >= 15 is 0 Å². The quantitative estimate of drug-likeness (QED) is 0.666. The molecule has 0 amide bonds. The van der Waals surface area contributed by atoms with E-state index in [1.165, 1.54) is 5.56 Å². The van der Waals surface area contributed by atoms with Gasteiger partial charge in [-0.25, -0.2) is 0 Å². The van der Waals surface area contributed by atoms with E-state index in [-0.39, 0.29) is 6.29 Å². The number of allylic oxidation sites excluding steroid dienone is 1. The molecule has 0 heterocycles. The molecule has 0 radical (unpaired) electrons. The van der Waals surface area contributed by atoms with E-state index in [1.807, 2.05) is 18.2 Å². The zero-order chi connectivity index (χ0) is 10.9. The summed E-state index contributed by atoms with van der Waals surface area (Å²) in [6.07, 6.45) is 6.01. The first kappa shape index (κ1) is 12.0. The molecule has 0 spiro atoms.